The lowest BCUT2D eigenvalue weighted by Gasteiger charge is -2.18. The lowest BCUT2D eigenvalue weighted by molar-refractivity contribution is -0.122. The second-order valence-corrected chi connectivity index (χ2v) is 8.35. The van der Waals surface area contributed by atoms with E-state index < -0.39 is 23.4 Å². The first-order valence-electron chi connectivity index (χ1n) is 11.3. The summed E-state index contributed by atoms with van der Waals surface area (Å²) >= 11 is 0. The zero-order valence-corrected chi connectivity index (χ0v) is 18.9. The van der Waals surface area contributed by atoms with Crippen LogP contribution >= 0.6 is 0 Å². The Balaban J connectivity index is 1.72. The van der Waals surface area contributed by atoms with Gasteiger partial charge >= 0.3 is 0 Å². The Morgan fingerprint density at radius 2 is 1.53 bits per heavy atom. The summed E-state index contributed by atoms with van der Waals surface area (Å²) in [5.41, 5.74) is 2.61. The number of nitrogens with one attached hydrogen (secondary N) is 2. The van der Waals surface area contributed by atoms with E-state index in [0.29, 0.717) is 34.0 Å². The number of H-pyrrole nitrogens is 1. The summed E-state index contributed by atoms with van der Waals surface area (Å²) in [4.78, 5) is 31.2. The normalized spacial score (nSPS) is 14.3. The van der Waals surface area contributed by atoms with Crippen LogP contribution < -0.4 is 5.32 Å². The molecule has 0 atom stereocenters. The monoisotopic (exact) mass is 462 g/mol. The van der Waals surface area contributed by atoms with Crippen molar-refractivity contribution in [1.82, 2.24) is 19.8 Å². The number of benzene rings is 2. The van der Waals surface area contributed by atoms with Crippen molar-refractivity contribution in [3.05, 3.63) is 71.6 Å². The van der Waals surface area contributed by atoms with Gasteiger partial charge in [0.15, 0.2) is 0 Å². The molecule has 0 unspecified atom stereocenters. The number of amides is 2. The maximum atomic E-state index is 14.3. The van der Waals surface area contributed by atoms with Crippen LogP contribution in [0.5, 0.6) is 0 Å². The average molecular weight is 463 g/mol. The van der Waals surface area contributed by atoms with E-state index in [1.54, 1.807) is 24.5 Å². The zero-order valence-electron chi connectivity index (χ0n) is 18.9. The molecule has 0 fully saturated rings. The highest BCUT2D eigenvalue weighted by Gasteiger charge is 2.35. The van der Waals surface area contributed by atoms with Crippen molar-refractivity contribution in [3.8, 4) is 0 Å². The van der Waals surface area contributed by atoms with Gasteiger partial charge < -0.3 is 14.5 Å². The highest BCUT2D eigenvalue weighted by atomic mass is 19.1. The molecule has 174 valence electrons. The number of carbonyl (C=O) groups is 2. The van der Waals surface area contributed by atoms with Crippen LogP contribution in [0, 0.1) is 11.6 Å². The fourth-order valence-corrected chi connectivity index (χ4v) is 4.71. The number of nitrogens with zero attached hydrogens (tertiary/aromatic N) is 2. The van der Waals surface area contributed by atoms with Crippen LogP contribution in [0.15, 0.2) is 48.8 Å². The molecule has 2 aromatic heterocycles. The number of carbonyl (C=O) groups excluding carboxylic acids is 2. The molecular formula is C26H24F2N4O2. The smallest absolute Gasteiger partial charge is 0.259 e. The summed E-state index contributed by atoms with van der Waals surface area (Å²) in [7, 11) is 0. The third kappa shape index (κ3) is 3.60. The van der Waals surface area contributed by atoms with E-state index in [1.165, 1.54) is 24.3 Å². The molecule has 34 heavy (non-hydrogen) atoms. The highest BCUT2D eigenvalue weighted by Crippen LogP contribution is 2.38. The third-order valence-corrected chi connectivity index (χ3v) is 6.51. The summed E-state index contributed by atoms with van der Waals surface area (Å²) in [5, 5.41) is 3.41. The Bertz CT molecular complexity index is 1480. The molecule has 0 aliphatic carbocycles. The number of aromatic amines is 1. The van der Waals surface area contributed by atoms with Gasteiger partial charge in [0.2, 0.25) is 0 Å². The Morgan fingerprint density at radius 3 is 2.24 bits per heavy atom. The van der Waals surface area contributed by atoms with Crippen LogP contribution in [-0.4, -0.2) is 45.9 Å². The first-order valence-corrected chi connectivity index (χ1v) is 11.3. The molecule has 2 amide bonds. The molecule has 0 bridgehead atoms. The summed E-state index contributed by atoms with van der Waals surface area (Å²) in [6.07, 6.45) is 3.40. The second kappa shape index (κ2) is 8.53. The fraction of sp³-hybridized carbons (Fsp3) is 0.231. The van der Waals surface area contributed by atoms with Crippen LogP contribution in [0.1, 0.15) is 25.0 Å². The molecular weight excluding hydrogens is 438 g/mol. The fourth-order valence-electron chi connectivity index (χ4n) is 4.71. The SMILES string of the molecule is CCN(CC)CCn1cc(C2=C(c3c[nH]c4ccc(F)cc34)C(=O)NC2=O)c2cc(F)ccc21. The van der Waals surface area contributed by atoms with E-state index >= 15 is 0 Å². The van der Waals surface area contributed by atoms with Crippen molar-refractivity contribution in [3.63, 3.8) is 0 Å². The molecule has 3 heterocycles. The van der Waals surface area contributed by atoms with Gasteiger partial charge in [0, 0.05) is 58.4 Å². The van der Waals surface area contributed by atoms with Crippen LogP contribution in [0.3, 0.4) is 0 Å². The van der Waals surface area contributed by atoms with Gasteiger partial charge in [0.05, 0.1) is 11.1 Å². The molecule has 4 aromatic rings. The predicted molar refractivity (Wildman–Crippen MR) is 128 cm³/mol. The molecule has 0 saturated heterocycles. The topological polar surface area (TPSA) is 70.1 Å². The maximum absolute atomic E-state index is 14.3. The van der Waals surface area contributed by atoms with Gasteiger partial charge in [-0.25, -0.2) is 8.78 Å². The number of hydrogen-bond donors (Lipinski definition) is 2. The van der Waals surface area contributed by atoms with Crippen molar-refractivity contribution in [2.75, 3.05) is 19.6 Å². The van der Waals surface area contributed by atoms with E-state index in [1.807, 2.05) is 4.57 Å². The van der Waals surface area contributed by atoms with Gasteiger partial charge in [-0.15, -0.1) is 0 Å². The van der Waals surface area contributed by atoms with E-state index in [0.717, 1.165) is 25.2 Å². The first kappa shape index (κ1) is 22.0. The van der Waals surface area contributed by atoms with Gasteiger partial charge in [0.25, 0.3) is 11.8 Å². The number of likely N-dealkylation sites (N-methyl/N-ethyl adjacent to an activating group) is 1. The van der Waals surface area contributed by atoms with Gasteiger partial charge in [-0.3, -0.25) is 14.9 Å². The Labute approximate surface area is 194 Å². The number of rotatable bonds is 7. The number of hydrogen-bond acceptors (Lipinski definition) is 3. The van der Waals surface area contributed by atoms with Crippen LogP contribution in [-0.2, 0) is 16.1 Å². The number of fused-ring (bicyclic) bond motifs is 2. The van der Waals surface area contributed by atoms with Gasteiger partial charge in [-0.1, -0.05) is 13.8 Å². The summed E-state index contributed by atoms with van der Waals surface area (Å²) < 4.78 is 30.3. The molecule has 1 aliphatic rings. The van der Waals surface area contributed by atoms with Crippen LogP contribution in [0.2, 0.25) is 0 Å². The highest BCUT2D eigenvalue weighted by molar-refractivity contribution is 6.50. The van der Waals surface area contributed by atoms with Crippen molar-refractivity contribution in [1.29, 1.82) is 0 Å². The lowest BCUT2D eigenvalue weighted by Crippen LogP contribution is -2.26. The standard InChI is InChI=1S/C26H24F2N4O2/c1-3-31(4-2)9-10-32-14-20(18-12-16(28)6-8-22(18)32)24-23(25(33)30-26(24)34)19-13-29-21-7-5-15(27)11-17(19)21/h5-8,11-14,29H,3-4,9-10H2,1-2H3,(H,30,33,34). The third-order valence-electron chi connectivity index (χ3n) is 6.51. The summed E-state index contributed by atoms with van der Waals surface area (Å²) in [5.74, 6) is -2.00. The van der Waals surface area contributed by atoms with Crippen LogP contribution in [0.4, 0.5) is 8.78 Å². The van der Waals surface area contributed by atoms with Gasteiger partial charge in [-0.05, 0) is 49.5 Å². The summed E-state index contributed by atoms with van der Waals surface area (Å²) in [6.45, 7) is 7.41. The second-order valence-electron chi connectivity index (χ2n) is 8.35. The molecule has 5 rings (SSSR count). The Hall–Kier alpha value is -3.78. The van der Waals surface area contributed by atoms with E-state index in [9.17, 15) is 18.4 Å². The first-order chi connectivity index (χ1) is 16.4. The lowest BCUT2D eigenvalue weighted by atomic mass is 9.95. The van der Waals surface area contributed by atoms with E-state index in [4.69, 9.17) is 0 Å². The molecule has 2 N–H and O–H groups in total. The van der Waals surface area contributed by atoms with Gasteiger partial charge in [-0.2, -0.15) is 0 Å². The number of imide groups is 1. The Morgan fingerprint density at radius 1 is 0.882 bits per heavy atom. The minimum Gasteiger partial charge on any atom is -0.361 e. The van der Waals surface area contributed by atoms with Crippen molar-refractivity contribution in [2.24, 2.45) is 0 Å². The number of aromatic nitrogens is 2. The predicted octanol–water partition coefficient (Wildman–Crippen LogP) is 4.31. The molecule has 2 aromatic carbocycles. The average Bonchev–Trinajstić information content (AvgIpc) is 3.46. The zero-order chi connectivity index (χ0) is 24.0. The largest absolute Gasteiger partial charge is 0.361 e. The molecule has 0 spiro atoms. The van der Waals surface area contributed by atoms with Crippen molar-refractivity contribution >= 4 is 44.8 Å². The molecule has 6 nitrogen and oxygen atoms in total. The Kier molecular flexibility index (Phi) is 5.53. The van der Waals surface area contributed by atoms with Crippen LogP contribution in [0.25, 0.3) is 33.0 Å². The maximum Gasteiger partial charge on any atom is 0.259 e. The van der Waals surface area contributed by atoms with Crippen molar-refractivity contribution in [2.45, 2.75) is 20.4 Å². The molecule has 0 radical (unpaired) electrons. The van der Waals surface area contributed by atoms with E-state index in [-0.39, 0.29) is 11.1 Å². The quantitative estimate of drug-likeness (QED) is 0.402. The molecule has 1 aliphatic heterocycles. The number of halogens is 2. The molecule has 8 heteroatoms. The minimum absolute atomic E-state index is 0.147. The minimum atomic E-state index is -0.564. The van der Waals surface area contributed by atoms with E-state index in [2.05, 4.69) is 29.0 Å². The van der Waals surface area contributed by atoms with Gasteiger partial charge in [0.1, 0.15) is 11.6 Å². The molecule has 0 saturated carbocycles. The summed E-state index contributed by atoms with van der Waals surface area (Å²) in [6, 6.07) is 8.69. The van der Waals surface area contributed by atoms with Crippen molar-refractivity contribution < 1.29 is 18.4 Å².